The summed E-state index contributed by atoms with van der Waals surface area (Å²) in [5.41, 5.74) is -0.647. The predicted octanol–water partition coefficient (Wildman–Crippen LogP) is 1.94. The smallest absolute Gasteiger partial charge is 0.220 e. The van der Waals surface area contributed by atoms with Crippen molar-refractivity contribution in [2.45, 2.75) is 50.5 Å². The number of amides is 1. The fraction of sp³-hybridized carbons (Fsp3) is 0.917. The van der Waals surface area contributed by atoms with Crippen molar-refractivity contribution < 1.29 is 9.90 Å². The second-order valence-electron chi connectivity index (χ2n) is 4.66. The highest BCUT2D eigenvalue weighted by atomic mass is 32.2. The molecule has 0 aromatic rings. The van der Waals surface area contributed by atoms with E-state index in [-0.39, 0.29) is 5.91 Å². The molecule has 0 bridgehead atoms. The number of rotatable bonds is 5. The molecular formula is C12H23NO2S. The van der Waals surface area contributed by atoms with Gasteiger partial charge in [0.2, 0.25) is 5.91 Å². The van der Waals surface area contributed by atoms with Gasteiger partial charge in [-0.25, -0.2) is 0 Å². The van der Waals surface area contributed by atoms with E-state index in [4.69, 9.17) is 0 Å². The molecule has 2 N–H and O–H groups in total. The second kappa shape index (κ2) is 7.17. The Bertz CT molecular complexity index is 213. The van der Waals surface area contributed by atoms with E-state index in [9.17, 15) is 9.90 Å². The van der Waals surface area contributed by atoms with Crippen molar-refractivity contribution in [2.75, 3.05) is 18.6 Å². The summed E-state index contributed by atoms with van der Waals surface area (Å²) >= 11 is 1.67. The number of carbonyl (C=O) groups excluding carboxylic acids is 1. The maximum absolute atomic E-state index is 11.4. The minimum Gasteiger partial charge on any atom is -0.388 e. The molecule has 3 nitrogen and oxygen atoms in total. The molecule has 0 spiro atoms. The van der Waals surface area contributed by atoms with Crippen molar-refractivity contribution in [3.63, 3.8) is 0 Å². The van der Waals surface area contributed by atoms with Crippen molar-refractivity contribution in [1.82, 2.24) is 5.32 Å². The van der Waals surface area contributed by atoms with Crippen LogP contribution in [0.5, 0.6) is 0 Å². The molecule has 94 valence electrons. The highest BCUT2D eigenvalue weighted by Gasteiger charge is 2.28. The lowest BCUT2D eigenvalue weighted by Gasteiger charge is -2.26. The maximum atomic E-state index is 11.4. The normalized spacial score (nSPS) is 20.1. The molecule has 16 heavy (non-hydrogen) atoms. The van der Waals surface area contributed by atoms with E-state index in [1.54, 1.807) is 11.8 Å². The monoisotopic (exact) mass is 245 g/mol. The van der Waals surface area contributed by atoms with E-state index < -0.39 is 5.60 Å². The number of hydrogen-bond donors (Lipinski definition) is 2. The zero-order valence-electron chi connectivity index (χ0n) is 10.1. The lowest BCUT2D eigenvalue weighted by molar-refractivity contribution is -0.122. The van der Waals surface area contributed by atoms with Crippen LogP contribution in [0.3, 0.4) is 0 Å². The minimum atomic E-state index is -0.647. The summed E-state index contributed by atoms with van der Waals surface area (Å²) in [6.07, 6.45) is 8.79. The average Bonchev–Trinajstić information content (AvgIpc) is 2.49. The van der Waals surface area contributed by atoms with E-state index in [1.807, 2.05) is 6.26 Å². The van der Waals surface area contributed by atoms with Crippen LogP contribution >= 0.6 is 11.8 Å². The Hall–Kier alpha value is -0.220. The molecule has 0 aromatic carbocycles. The first-order valence-electron chi connectivity index (χ1n) is 6.14. The van der Waals surface area contributed by atoms with E-state index in [0.29, 0.717) is 13.0 Å². The van der Waals surface area contributed by atoms with Gasteiger partial charge < -0.3 is 10.4 Å². The Morgan fingerprint density at radius 2 is 1.94 bits per heavy atom. The third-order valence-corrected chi connectivity index (χ3v) is 3.79. The van der Waals surface area contributed by atoms with Crippen LogP contribution in [0, 0.1) is 0 Å². The third-order valence-electron chi connectivity index (χ3n) is 3.18. The van der Waals surface area contributed by atoms with E-state index >= 15 is 0 Å². The first kappa shape index (κ1) is 13.8. The lowest BCUT2D eigenvalue weighted by Crippen LogP contribution is -2.42. The van der Waals surface area contributed by atoms with Crippen LogP contribution < -0.4 is 5.32 Å². The summed E-state index contributed by atoms with van der Waals surface area (Å²) in [5, 5.41) is 13.2. The van der Waals surface area contributed by atoms with Crippen molar-refractivity contribution in [1.29, 1.82) is 0 Å². The molecule has 0 unspecified atom stereocenters. The topological polar surface area (TPSA) is 49.3 Å². The molecule has 1 aliphatic rings. The molecule has 4 heteroatoms. The van der Waals surface area contributed by atoms with Gasteiger partial charge in [0.05, 0.1) is 5.60 Å². The quantitative estimate of drug-likeness (QED) is 0.728. The molecule has 1 fully saturated rings. The van der Waals surface area contributed by atoms with Crippen LogP contribution in [0.2, 0.25) is 0 Å². The molecule has 0 radical (unpaired) electrons. The van der Waals surface area contributed by atoms with Crippen LogP contribution in [-0.2, 0) is 4.79 Å². The molecular weight excluding hydrogens is 222 g/mol. The fourth-order valence-corrected chi connectivity index (χ4v) is 2.50. The first-order chi connectivity index (χ1) is 7.66. The van der Waals surface area contributed by atoms with Crippen molar-refractivity contribution in [3.05, 3.63) is 0 Å². The zero-order chi connectivity index (χ0) is 11.9. The number of aliphatic hydroxyl groups is 1. The van der Waals surface area contributed by atoms with Gasteiger partial charge in [0.15, 0.2) is 0 Å². The largest absolute Gasteiger partial charge is 0.388 e. The molecule has 0 atom stereocenters. The van der Waals surface area contributed by atoms with Crippen molar-refractivity contribution in [3.8, 4) is 0 Å². The van der Waals surface area contributed by atoms with Crippen LogP contribution in [0.25, 0.3) is 0 Å². The SMILES string of the molecule is CSCCC(=O)NCC1(O)CCCCCC1. The number of carbonyl (C=O) groups is 1. The summed E-state index contributed by atoms with van der Waals surface area (Å²) < 4.78 is 0. The lowest BCUT2D eigenvalue weighted by atomic mass is 9.94. The number of nitrogens with one attached hydrogen (secondary N) is 1. The van der Waals surface area contributed by atoms with E-state index in [1.165, 1.54) is 12.8 Å². The summed E-state index contributed by atoms with van der Waals surface area (Å²) in [4.78, 5) is 11.4. The van der Waals surface area contributed by atoms with Crippen LogP contribution in [0.4, 0.5) is 0 Å². The van der Waals surface area contributed by atoms with E-state index in [2.05, 4.69) is 5.32 Å². The Morgan fingerprint density at radius 1 is 1.31 bits per heavy atom. The van der Waals surface area contributed by atoms with Gasteiger partial charge >= 0.3 is 0 Å². The summed E-state index contributed by atoms with van der Waals surface area (Å²) in [6.45, 7) is 0.431. The van der Waals surface area contributed by atoms with E-state index in [0.717, 1.165) is 31.4 Å². The highest BCUT2D eigenvalue weighted by Crippen LogP contribution is 2.26. The maximum Gasteiger partial charge on any atom is 0.220 e. The molecule has 1 rings (SSSR count). The molecule has 0 heterocycles. The molecule has 1 amide bonds. The third kappa shape index (κ3) is 5.21. The first-order valence-corrected chi connectivity index (χ1v) is 7.54. The predicted molar refractivity (Wildman–Crippen MR) is 68.7 cm³/mol. The Morgan fingerprint density at radius 3 is 2.50 bits per heavy atom. The van der Waals surface area contributed by atoms with Gasteiger partial charge in [0.1, 0.15) is 0 Å². The highest BCUT2D eigenvalue weighted by molar-refractivity contribution is 7.98. The zero-order valence-corrected chi connectivity index (χ0v) is 10.9. The number of thioether (sulfide) groups is 1. The van der Waals surface area contributed by atoms with Crippen LogP contribution in [-0.4, -0.2) is 35.2 Å². The summed E-state index contributed by atoms with van der Waals surface area (Å²) in [7, 11) is 0. The molecule has 0 aliphatic heterocycles. The Labute approximate surface area is 102 Å². The van der Waals surface area contributed by atoms with Gasteiger partial charge in [-0.3, -0.25) is 4.79 Å². The summed E-state index contributed by atoms with van der Waals surface area (Å²) in [5.74, 6) is 0.914. The molecule has 1 aliphatic carbocycles. The van der Waals surface area contributed by atoms with Gasteiger partial charge in [-0.1, -0.05) is 25.7 Å². The van der Waals surface area contributed by atoms with Crippen LogP contribution in [0.1, 0.15) is 44.9 Å². The molecule has 0 aromatic heterocycles. The average molecular weight is 245 g/mol. The molecule has 1 saturated carbocycles. The van der Waals surface area contributed by atoms with Gasteiger partial charge in [-0.05, 0) is 19.1 Å². The van der Waals surface area contributed by atoms with Gasteiger partial charge in [0, 0.05) is 18.7 Å². The van der Waals surface area contributed by atoms with Gasteiger partial charge in [-0.2, -0.15) is 11.8 Å². The number of hydrogen-bond acceptors (Lipinski definition) is 3. The Kier molecular flexibility index (Phi) is 6.21. The van der Waals surface area contributed by atoms with Crippen molar-refractivity contribution in [2.24, 2.45) is 0 Å². The minimum absolute atomic E-state index is 0.0621. The van der Waals surface area contributed by atoms with Crippen molar-refractivity contribution >= 4 is 17.7 Å². The summed E-state index contributed by atoms with van der Waals surface area (Å²) in [6, 6.07) is 0. The van der Waals surface area contributed by atoms with Gasteiger partial charge in [-0.15, -0.1) is 0 Å². The Balaban J connectivity index is 2.25. The standard InChI is InChI=1S/C12H23NO2S/c1-16-9-6-11(14)13-10-12(15)7-4-2-3-5-8-12/h15H,2-10H2,1H3,(H,13,14). The fourth-order valence-electron chi connectivity index (χ4n) is 2.11. The van der Waals surface area contributed by atoms with Gasteiger partial charge in [0.25, 0.3) is 0 Å². The second-order valence-corrected chi connectivity index (χ2v) is 5.64. The molecule has 0 saturated heterocycles. The van der Waals surface area contributed by atoms with Crippen LogP contribution in [0.15, 0.2) is 0 Å².